The van der Waals surface area contributed by atoms with Gasteiger partial charge in [0.15, 0.2) is 0 Å². The molecular weight excluding hydrogens is 304 g/mol. The van der Waals surface area contributed by atoms with Gasteiger partial charge in [0.2, 0.25) is 11.8 Å². The lowest BCUT2D eigenvalue weighted by Gasteiger charge is -2.30. The average Bonchev–Trinajstić information content (AvgIpc) is 2.82. The molecule has 0 spiro atoms. The Bertz CT molecular complexity index is 773. The van der Waals surface area contributed by atoms with Crippen LogP contribution in [0.3, 0.4) is 0 Å². The fraction of sp³-hybridized carbons (Fsp3) is 0.316. The first-order valence-corrected chi connectivity index (χ1v) is 7.86. The maximum Gasteiger partial charge on any atom is 0.296 e. The highest BCUT2D eigenvalue weighted by atomic mass is 16.2. The number of hydrogen-bond donors (Lipinski definition) is 1. The van der Waals surface area contributed by atoms with E-state index in [1.807, 2.05) is 43.3 Å². The standard InChI is InChI=1S/C19H18N2O3/c1-12-8-10-14(17-16(12)18(23)21(2)19(17)24)20-15(22)11-9-13-6-4-3-5-7-13/h3-8,10,12,14,16-17H,1-2H3,(H,20,22)/t12-,14+,16-,17+/m0/s1. The zero-order valence-corrected chi connectivity index (χ0v) is 13.5. The van der Waals surface area contributed by atoms with Gasteiger partial charge in [-0.2, -0.15) is 0 Å². The Balaban J connectivity index is 1.76. The van der Waals surface area contributed by atoms with Crippen molar-refractivity contribution in [2.75, 3.05) is 7.05 Å². The summed E-state index contributed by atoms with van der Waals surface area (Å²) in [6.07, 6.45) is 3.67. The molecular formula is C19H18N2O3. The van der Waals surface area contributed by atoms with E-state index < -0.39 is 23.8 Å². The molecule has 1 aromatic rings. The Morgan fingerprint density at radius 1 is 1.08 bits per heavy atom. The second-order valence-corrected chi connectivity index (χ2v) is 6.15. The van der Waals surface area contributed by atoms with E-state index in [9.17, 15) is 14.4 Å². The number of likely N-dealkylation sites (tertiary alicyclic amines) is 1. The van der Waals surface area contributed by atoms with Gasteiger partial charge in [-0.05, 0) is 18.1 Å². The highest BCUT2D eigenvalue weighted by molar-refractivity contribution is 6.06. The zero-order valence-electron chi connectivity index (χ0n) is 13.5. The third kappa shape index (κ3) is 2.83. The molecule has 24 heavy (non-hydrogen) atoms. The molecule has 0 unspecified atom stereocenters. The molecule has 4 atom stereocenters. The van der Waals surface area contributed by atoms with Gasteiger partial charge in [-0.1, -0.05) is 43.2 Å². The van der Waals surface area contributed by atoms with Gasteiger partial charge < -0.3 is 5.32 Å². The van der Waals surface area contributed by atoms with E-state index in [2.05, 4.69) is 17.2 Å². The number of carbonyl (C=O) groups is 3. The van der Waals surface area contributed by atoms with Crippen LogP contribution in [0.15, 0.2) is 42.5 Å². The number of allylic oxidation sites excluding steroid dienone is 1. The topological polar surface area (TPSA) is 66.5 Å². The molecule has 0 bridgehead atoms. The summed E-state index contributed by atoms with van der Waals surface area (Å²) in [4.78, 5) is 37.8. The second-order valence-electron chi connectivity index (χ2n) is 6.15. The maximum absolute atomic E-state index is 12.4. The molecule has 2 aliphatic rings. The predicted molar refractivity (Wildman–Crippen MR) is 88.3 cm³/mol. The van der Waals surface area contributed by atoms with Crippen LogP contribution >= 0.6 is 0 Å². The summed E-state index contributed by atoms with van der Waals surface area (Å²) in [5.41, 5.74) is 0.741. The van der Waals surface area contributed by atoms with E-state index >= 15 is 0 Å². The number of hydrogen-bond acceptors (Lipinski definition) is 3. The number of benzene rings is 1. The van der Waals surface area contributed by atoms with Crippen molar-refractivity contribution in [1.82, 2.24) is 10.2 Å². The summed E-state index contributed by atoms with van der Waals surface area (Å²) in [5, 5.41) is 2.75. The van der Waals surface area contributed by atoms with Gasteiger partial charge in [0.1, 0.15) is 0 Å². The molecule has 1 aliphatic carbocycles. The van der Waals surface area contributed by atoms with Crippen LogP contribution in [0.2, 0.25) is 0 Å². The summed E-state index contributed by atoms with van der Waals surface area (Å²) >= 11 is 0. The second kappa shape index (κ2) is 6.32. The first kappa shape index (κ1) is 16.0. The molecule has 0 saturated carbocycles. The minimum atomic E-state index is -0.551. The maximum atomic E-state index is 12.4. The lowest BCUT2D eigenvalue weighted by Crippen LogP contribution is -2.46. The van der Waals surface area contributed by atoms with Crippen molar-refractivity contribution < 1.29 is 14.4 Å². The van der Waals surface area contributed by atoms with E-state index in [0.29, 0.717) is 0 Å². The molecule has 0 aromatic heterocycles. The summed E-state index contributed by atoms with van der Waals surface area (Å²) in [6.45, 7) is 1.91. The van der Waals surface area contributed by atoms with Crippen molar-refractivity contribution in [3.05, 3.63) is 48.0 Å². The summed E-state index contributed by atoms with van der Waals surface area (Å²) in [5.74, 6) is 3.43. The monoisotopic (exact) mass is 322 g/mol. The quantitative estimate of drug-likeness (QED) is 0.476. The third-order valence-electron chi connectivity index (χ3n) is 4.59. The van der Waals surface area contributed by atoms with Crippen LogP contribution in [0, 0.1) is 29.6 Å². The molecule has 1 fully saturated rings. The smallest absolute Gasteiger partial charge is 0.296 e. The first-order chi connectivity index (χ1) is 11.5. The predicted octanol–water partition coefficient (Wildman–Crippen LogP) is 0.960. The van der Waals surface area contributed by atoms with Crippen molar-refractivity contribution in [3.63, 3.8) is 0 Å². The van der Waals surface area contributed by atoms with Gasteiger partial charge >= 0.3 is 0 Å². The van der Waals surface area contributed by atoms with Crippen LogP contribution in [-0.2, 0) is 14.4 Å². The van der Waals surface area contributed by atoms with E-state index in [0.717, 1.165) is 10.5 Å². The number of rotatable bonds is 1. The lowest BCUT2D eigenvalue weighted by atomic mass is 9.75. The van der Waals surface area contributed by atoms with Crippen LogP contribution in [0.4, 0.5) is 0 Å². The summed E-state index contributed by atoms with van der Waals surface area (Å²) < 4.78 is 0. The highest BCUT2D eigenvalue weighted by Gasteiger charge is 2.52. The minimum Gasteiger partial charge on any atom is -0.338 e. The Morgan fingerprint density at radius 3 is 2.46 bits per heavy atom. The van der Waals surface area contributed by atoms with Gasteiger partial charge in [0.25, 0.3) is 5.91 Å². The van der Waals surface area contributed by atoms with Crippen molar-refractivity contribution in [3.8, 4) is 11.8 Å². The molecule has 122 valence electrons. The van der Waals surface area contributed by atoms with Crippen LogP contribution in [0.1, 0.15) is 12.5 Å². The van der Waals surface area contributed by atoms with E-state index in [4.69, 9.17) is 0 Å². The van der Waals surface area contributed by atoms with Gasteiger partial charge in [0.05, 0.1) is 17.9 Å². The molecule has 1 aliphatic heterocycles. The van der Waals surface area contributed by atoms with Gasteiger partial charge in [-0.25, -0.2) is 0 Å². The number of imide groups is 1. The van der Waals surface area contributed by atoms with Crippen LogP contribution in [-0.4, -0.2) is 35.7 Å². The number of fused-ring (bicyclic) bond motifs is 1. The minimum absolute atomic E-state index is 0.0278. The van der Waals surface area contributed by atoms with E-state index in [1.54, 1.807) is 6.08 Å². The number of carbonyl (C=O) groups excluding carboxylic acids is 3. The van der Waals surface area contributed by atoms with Crippen molar-refractivity contribution in [2.45, 2.75) is 13.0 Å². The fourth-order valence-electron chi connectivity index (χ4n) is 3.30. The van der Waals surface area contributed by atoms with Crippen LogP contribution < -0.4 is 5.32 Å². The third-order valence-corrected chi connectivity index (χ3v) is 4.59. The molecule has 3 amide bonds. The Labute approximate surface area is 140 Å². The molecule has 5 nitrogen and oxygen atoms in total. The van der Waals surface area contributed by atoms with Crippen molar-refractivity contribution >= 4 is 17.7 Å². The molecule has 1 heterocycles. The van der Waals surface area contributed by atoms with Gasteiger partial charge in [-0.15, -0.1) is 0 Å². The SMILES string of the molecule is C[C@H]1C=C[C@@H](NC(=O)C#Cc2ccccc2)[C@H]2C(=O)N(C)C(=O)[C@H]21. The van der Waals surface area contributed by atoms with Gasteiger partial charge in [0, 0.05) is 18.5 Å². The molecule has 1 saturated heterocycles. The lowest BCUT2D eigenvalue weighted by molar-refractivity contribution is -0.138. The molecule has 1 N–H and O–H groups in total. The molecule has 0 radical (unpaired) electrons. The van der Waals surface area contributed by atoms with E-state index in [1.165, 1.54) is 7.05 Å². The first-order valence-electron chi connectivity index (χ1n) is 7.86. The fourth-order valence-corrected chi connectivity index (χ4v) is 3.30. The normalized spacial score (nSPS) is 28.2. The van der Waals surface area contributed by atoms with Gasteiger partial charge in [-0.3, -0.25) is 19.3 Å². The average molecular weight is 322 g/mol. The Hall–Kier alpha value is -2.87. The number of nitrogens with zero attached hydrogens (tertiary/aromatic N) is 1. The van der Waals surface area contributed by atoms with Crippen LogP contribution in [0.5, 0.6) is 0 Å². The van der Waals surface area contributed by atoms with Crippen LogP contribution in [0.25, 0.3) is 0 Å². The Morgan fingerprint density at radius 2 is 1.75 bits per heavy atom. The Kier molecular flexibility index (Phi) is 4.22. The largest absolute Gasteiger partial charge is 0.338 e. The molecule has 1 aromatic carbocycles. The zero-order chi connectivity index (χ0) is 17.3. The number of nitrogens with one attached hydrogen (secondary N) is 1. The summed E-state index contributed by atoms with van der Waals surface area (Å²) in [6, 6.07) is 8.68. The number of amides is 3. The highest BCUT2D eigenvalue weighted by Crippen LogP contribution is 2.37. The summed E-state index contributed by atoms with van der Waals surface area (Å²) in [7, 11) is 1.49. The van der Waals surface area contributed by atoms with Crippen molar-refractivity contribution in [2.24, 2.45) is 17.8 Å². The molecule has 3 rings (SSSR count). The van der Waals surface area contributed by atoms with Crippen molar-refractivity contribution in [1.29, 1.82) is 0 Å². The van der Waals surface area contributed by atoms with E-state index in [-0.39, 0.29) is 17.7 Å². The molecule has 5 heteroatoms.